The van der Waals surface area contributed by atoms with Crippen LogP contribution >= 0.6 is 11.6 Å². The molecule has 0 aliphatic carbocycles. The molecule has 258 valence electrons. The Bertz CT molecular complexity index is 1340. The van der Waals surface area contributed by atoms with Crippen LogP contribution in [0.4, 0.5) is 10.5 Å². The van der Waals surface area contributed by atoms with E-state index in [1.165, 1.54) is 16.8 Å². The van der Waals surface area contributed by atoms with E-state index in [1.807, 2.05) is 49.9 Å². The lowest BCUT2D eigenvalue weighted by Gasteiger charge is -2.38. The second kappa shape index (κ2) is 16.4. The van der Waals surface area contributed by atoms with Crippen molar-refractivity contribution in [3.63, 3.8) is 0 Å². The van der Waals surface area contributed by atoms with E-state index in [2.05, 4.69) is 43.1 Å². The maximum absolute atomic E-state index is 13.2. The lowest BCUT2D eigenvalue weighted by atomic mass is 10.0. The third-order valence-electron chi connectivity index (χ3n) is 9.36. The van der Waals surface area contributed by atoms with Crippen LogP contribution in [-0.2, 0) is 22.5 Å². The van der Waals surface area contributed by atoms with Crippen LogP contribution in [0, 0.1) is 0 Å². The number of para-hydroxylation sites is 1. The zero-order chi connectivity index (χ0) is 33.4. The molecule has 0 saturated carbocycles. The van der Waals surface area contributed by atoms with Crippen LogP contribution in [0.2, 0.25) is 5.02 Å². The average Bonchev–Trinajstić information content (AvgIpc) is 3.04. The number of carbonyl (C=O) groups is 2. The number of piperazine rings is 2. The molecule has 0 unspecified atom stereocenters. The third kappa shape index (κ3) is 10.5. The molecule has 3 heterocycles. The molecule has 1 N–H and O–H groups in total. The van der Waals surface area contributed by atoms with Crippen molar-refractivity contribution in [2.45, 2.75) is 58.2 Å². The number of hydrogen-bond donors (Lipinski definition) is 1. The minimum Gasteiger partial charge on any atom is -0.496 e. The molecule has 3 aliphatic rings. The number of anilines is 1. The first-order chi connectivity index (χ1) is 22.6. The standard InChI is InChI=1S/C36H53ClN6O4/c1-36(2,3)47-35(45)38-31-9-7-14-43(26-31)32-12-11-30(37)24-28(32)13-15-39-16-18-41(19-17-39)27-34(44)42-22-20-40(21-23-42)25-29-8-5-6-10-33(29)46-4/h5-6,8,10-12,24,31H,7,9,13-23,25-27H2,1-4H3,(H,38,45)/t31-/m0/s1. The van der Waals surface area contributed by atoms with Gasteiger partial charge < -0.3 is 29.5 Å². The van der Waals surface area contributed by atoms with Crippen LogP contribution in [0.1, 0.15) is 44.7 Å². The molecule has 47 heavy (non-hydrogen) atoms. The maximum atomic E-state index is 13.2. The van der Waals surface area contributed by atoms with Gasteiger partial charge in [0.05, 0.1) is 13.7 Å². The maximum Gasteiger partial charge on any atom is 0.407 e. The van der Waals surface area contributed by atoms with E-state index in [4.69, 9.17) is 21.1 Å². The third-order valence-corrected chi connectivity index (χ3v) is 9.59. The summed E-state index contributed by atoms with van der Waals surface area (Å²) < 4.78 is 11.0. The highest BCUT2D eigenvalue weighted by Crippen LogP contribution is 2.28. The van der Waals surface area contributed by atoms with Crippen molar-refractivity contribution >= 4 is 29.3 Å². The summed E-state index contributed by atoms with van der Waals surface area (Å²) >= 11 is 6.47. The smallest absolute Gasteiger partial charge is 0.407 e. The summed E-state index contributed by atoms with van der Waals surface area (Å²) in [5, 5.41) is 3.81. The van der Waals surface area contributed by atoms with Gasteiger partial charge in [-0.05, 0) is 69.9 Å². The van der Waals surface area contributed by atoms with E-state index in [-0.39, 0.29) is 18.0 Å². The van der Waals surface area contributed by atoms with E-state index in [1.54, 1.807) is 7.11 Å². The molecule has 11 heteroatoms. The van der Waals surface area contributed by atoms with Gasteiger partial charge in [-0.15, -0.1) is 0 Å². The number of nitrogens with one attached hydrogen (secondary N) is 1. The summed E-state index contributed by atoms with van der Waals surface area (Å²) in [7, 11) is 1.71. The molecule has 2 amide bonds. The van der Waals surface area contributed by atoms with Crippen molar-refractivity contribution in [1.82, 2.24) is 24.9 Å². The summed E-state index contributed by atoms with van der Waals surface area (Å²) in [4.78, 5) is 37.2. The summed E-state index contributed by atoms with van der Waals surface area (Å²) in [6.45, 7) is 16.6. The van der Waals surface area contributed by atoms with Crippen molar-refractivity contribution in [3.8, 4) is 5.75 Å². The number of hydrogen-bond acceptors (Lipinski definition) is 8. The Morgan fingerprint density at radius 2 is 1.60 bits per heavy atom. The highest BCUT2D eigenvalue weighted by molar-refractivity contribution is 6.30. The number of piperidine rings is 1. The van der Waals surface area contributed by atoms with Crippen LogP contribution in [-0.4, -0.2) is 129 Å². The van der Waals surface area contributed by atoms with Crippen LogP contribution in [0.15, 0.2) is 42.5 Å². The number of rotatable bonds is 10. The van der Waals surface area contributed by atoms with Crippen LogP contribution in [0.5, 0.6) is 5.75 Å². The number of alkyl carbamates (subject to hydrolysis) is 1. The Labute approximate surface area is 285 Å². The minimum absolute atomic E-state index is 0.0418. The Kier molecular flexibility index (Phi) is 12.3. The Morgan fingerprint density at radius 1 is 0.894 bits per heavy atom. The number of methoxy groups -OCH3 is 1. The number of ether oxygens (including phenoxy) is 2. The van der Waals surface area contributed by atoms with Gasteiger partial charge in [0.15, 0.2) is 0 Å². The fourth-order valence-corrected chi connectivity index (χ4v) is 7.02. The van der Waals surface area contributed by atoms with E-state index < -0.39 is 5.60 Å². The van der Waals surface area contributed by atoms with Crippen LogP contribution in [0.25, 0.3) is 0 Å². The number of carbonyl (C=O) groups excluding carboxylic acids is 2. The van der Waals surface area contributed by atoms with Gasteiger partial charge in [0.2, 0.25) is 5.91 Å². The monoisotopic (exact) mass is 668 g/mol. The normalized spacial score (nSPS) is 20.2. The lowest BCUT2D eigenvalue weighted by Crippen LogP contribution is -2.53. The van der Waals surface area contributed by atoms with Gasteiger partial charge in [-0.25, -0.2) is 4.79 Å². The average molecular weight is 669 g/mol. The van der Waals surface area contributed by atoms with Gasteiger partial charge in [-0.2, -0.15) is 0 Å². The van der Waals surface area contributed by atoms with Crippen LogP contribution < -0.4 is 15.0 Å². The van der Waals surface area contributed by atoms with Crippen molar-refractivity contribution in [1.29, 1.82) is 0 Å². The topological polar surface area (TPSA) is 80.8 Å². The Hall–Kier alpha value is -3.05. The predicted octanol–water partition coefficient (Wildman–Crippen LogP) is 4.35. The molecule has 0 bridgehead atoms. The van der Waals surface area contributed by atoms with Gasteiger partial charge >= 0.3 is 6.09 Å². The zero-order valence-electron chi connectivity index (χ0n) is 28.7. The molecule has 0 spiro atoms. The molecular formula is C36H53ClN6O4. The number of amides is 2. The quantitative estimate of drug-likeness (QED) is 0.401. The molecule has 2 aromatic carbocycles. The fourth-order valence-electron chi connectivity index (χ4n) is 6.82. The highest BCUT2D eigenvalue weighted by atomic mass is 35.5. The minimum atomic E-state index is -0.517. The Morgan fingerprint density at radius 3 is 2.32 bits per heavy atom. The summed E-state index contributed by atoms with van der Waals surface area (Å²) in [6.07, 6.45) is 2.48. The van der Waals surface area contributed by atoms with Crippen LogP contribution in [0.3, 0.4) is 0 Å². The zero-order valence-corrected chi connectivity index (χ0v) is 29.4. The number of nitrogens with zero attached hydrogens (tertiary/aromatic N) is 5. The van der Waals surface area contributed by atoms with Gasteiger partial charge in [-0.3, -0.25) is 14.6 Å². The molecule has 10 nitrogen and oxygen atoms in total. The summed E-state index contributed by atoms with van der Waals surface area (Å²) in [5.74, 6) is 1.16. The van der Waals surface area contributed by atoms with Gasteiger partial charge in [0.1, 0.15) is 11.4 Å². The largest absolute Gasteiger partial charge is 0.496 e. The molecule has 1 atom stereocenters. The van der Waals surface area contributed by atoms with E-state index in [0.29, 0.717) is 6.54 Å². The summed E-state index contributed by atoms with van der Waals surface area (Å²) in [5.41, 5.74) is 3.10. The second-order valence-electron chi connectivity index (χ2n) is 14.0. The van der Waals surface area contributed by atoms with Crippen molar-refractivity contribution in [2.24, 2.45) is 0 Å². The predicted molar refractivity (Wildman–Crippen MR) is 187 cm³/mol. The molecule has 2 aromatic rings. The lowest BCUT2D eigenvalue weighted by molar-refractivity contribution is -0.134. The summed E-state index contributed by atoms with van der Waals surface area (Å²) in [6, 6.07) is 14.4. The SMILES string of the molecule is COc1ccccc1CN1CCN(C(=O)CN2CCN(CCc3cc(Cl)ccc3N3CCC[C@H](NC(=O)OC(C)(C)C)C3)CC2)CC1. The first kappa shape index (κ1) is 35.3. The number of benzene rings is 2. The highest BCUT2D eigenvalue weighted by Gasteiger charge is 2.27. The van der Waals surface area contributed by atoms with E-state index in [0.717, 1.165) is 109 Å². The number of halogens is 1. The van der Waals surface area contributed by atoms with Gasteiger partial charge in [-0.1, -0.05) is 29.8 Å². The first-order valence-electron chi connectivity index (χ1n) is 17.2. The van der Waals surface area contributed by atoms with Gasteiger partial charge in [0, 0.05) is 101 Å². The molecule has 0 radical (unpaired) electrons. The second-order valence-corrected chi connectivity index (χ2v) is 14.5. The molecule has 0 aromatic heterocycles. The molecule has 5 rings (SSSR count). The molecular weight excluding hydrogens is 616 g/mol. The van der Waals surface area contributed by atoms with Gasteiger partial charge in [0.25, 0.3) is 0 Å². The fraction of sp³-hybridized carbons (Fsp3) is 0.611. The first-order valence-corrected chi connectivity index (χ1v) is 17.5. The molecule has 3 aliphatic heterocycles. The van der Waals surface area contributed by atoms with Crippen molar-refractivity contribution in [2.75, 3.05) is 90.5 Å². The van der Waals surface area contributed by atoms with Crippen molar-refractivity contribution < 1.29 is 19.1 Å². The Balaban J connectivity index is 1.05. The van der Waals surface area contributed by atoms with E-state index in [9.17, 15) is 9.59 Å². The molecule has 3 fully saturated rings. The van der Waals surface area contributed by atoms with Crippen molar-refractivity contribution in [3.05, 3.63) is 58.6 Å². The molecule has 3 saturated heterocycles. The van der Waals surface area contributed by atoms with E-state index >= 15 is 0 Å².